The Morgan fingerprint density at radius 1 is 1.11 bits per heavy atom. The topological polar surface area (TPSA) is 96.2 Å². The number of rotatable bonds is 8. The molecule has 2 aromatic carbocycles. The molecule has 1 saturated carbocycles. The molecule has 3 aromatic rings. The number of halogens is 2. The first kappa shape index (κ1) is 24.7. The van der Waals surface area contributed by atoms with E-state index in [0.717, 1.165) is 22.2 Å². The summed E-state index contributed by atoms with van der Waals surface area (Å²) in [6, 6.07) is 12.3. The van der Waals surface area contributed by atoms with Crippen LogP contribution in [-0.4, -0.2) is 47.2 Å². The molecule has 0 bridgehead atoms. The van der Waals surface area contributed by atoms with Crippen molar-refractivity contribution in [2.75, 3.05) is 13.2 Å². The Bertz CT molecular complexity index is 1460. The number of aliphatic hydroxyl groups is 1. The van der Waals surface area contributed by atoms with Crippen molar-refractivity contribution < 1.29 is 42.4 Å². The van der Waals surface area contributed by atoms with Gasteiger partial charge in [-0.15, -0.1) is 8.78 Å². The van der Waals surface area contributed by atoms with Crippen molar-refractivity contribution in [3.8, 4) is 11.5 Å². The first-order chi connectivity index (χ1) is 18.0. The van der Waals surface area contributed by atoms with Crippen LogP contribution in [0.2, 0.25) is 0 Å². The van der Waals surface area contributed by atoms with E-state index in [4.69, 9.17) is 9.47 Å². The van der Waals surface area contributed by atoms with Gasteiger partial charge in [0.25, 0.3) is 0 Å². The zero-order chi connectivity index (χ0) is 26.9. The lowest BCUT2D eigenvalue weighted by Gasteiger charge is -2.25. The van der Waals surface area contributed by atoms with Crippen LogP contribution in [0.25, 0.3) is 10.9 Å². The van der Waals surface area contributed by atoms with Crippen LogP contribution in [0.15, 0.2) is 42.5 Å². The molecule has 1 atom stereocenters. The molecule has 1 aliphatic carbocycles. The summed E-state index contributed by atoms with van der Waals surface area (Å²) in [6.45, 7) is 4.30. The summed E-state index contributed by atoms with van der Waals surface area (Å²) in [7, 11) is 0. The van der Waals surface area contributed by atoms with Crippen molar-refractivity contribution in [2.24, 2.45) is 0 Å². The maximum atomic E-state index is 13.5. The van der Waals surface area contributed by atoms with Crippen LogP contribution in [0.4, 0.5) is 13.6 Å². The fraction of sp³-hybridized carbons (Fsp3) is 0.429. The number of carbonyl (C=O) groups is 2. The van der Waals surface area contributed by atoms with Gasteiger partial charge in [-0.1, -0.05) is 26.0 Å². The van der Waals surface area contributed by atoms with Crippen molar-refractivity contribution >= 4 is 22.8 Å². The fourth-order valence-corrected chi connectivity index (χ4v) is 5.38. The van der Waals surface area contributed by atoms with Gasteiger partial charge in [-0.05, 0) is 54.3 Å². The largest absolute Gasteiger partial charge is 0.586 e. The molecule has 2 fully saturated rings. The second kappa shape index (κ2) is 8.42. The van der Waals surface area contributed by atoms with E-state index < -0.39 is 29.4 Å². The van der Waals surface area contributed by atoms with Gasteiger partial charge < -0.3 is 28.6 Å². The summed E-state index contributed by atoms with van der Waals surface area (Å²) in [5.74, 6) is -0.1000. The molecule has 1 saturated heterocycles. The maximum Gasteiger partial charge on any atom is 0.586 e. The third-order valence-electron chi connectivity index (χ3n) is 7.69. The minimum absolute atomic E-state index is 0.00726. The molecule has 0 radical (unpaired) electrons. The van der Waals surface area contributed by atoms with E-state index >= 15 is 0 Å². The molecule has 200 valence electrons. The highest BCUT2D eigenvalue weighted by molar-refractivity contribution is 5.95. The Balaban J connectivity index is 1.27. The molecular weight excluding hydrogens is 500 g/mol. The van der Waals surface area contributed by atoms with E-state index in [2.05, 4.69) is 9.47 Å². The van der Waals surface area contributed by atoms with Crippen LogP contribution in [0.1, 0.15) is 43.5 Å². The number of aliphatic hydroxyl groups excluding tert-OH is 1. The predicted molar refractivity (Wildman–Crippen MR) is 131 cm³/mol. The van der Waals surface area contributed by atoms with Gasteiger partial charge >= 0.3 is 12.5 Å². The van der Waals surface area contributed by atoms with Gasteiger partial charge in [0.2, 0.25) is 0 Å². The summed E-state index contributed by atoms with van der Waals surface area (Å²) in [5, 5.41) is 10.9. The minimum Gasteiger partial charge on any atom is -0.430 e. The highest BCUT2D eigenvalue weighted by Gasteiger charge is 2.52. The number of fused-ring (bicyclic) bond motifs is 2. The standard InChI is InChI=1S/C28H27F2NO7/c1-26(2,15-32)23-11-17-9-16(3-5-20(17)31(23)13-19-14-35-25(34)36-19)10-24(33)27(7-8-27)18-4-6-21-22(12-18)38-28(29,30)37-21/h3-6,9,11-12,19,32H,7-8,10,13-15H2,1-2H3/t19-/m1/s1. The molecule has 1 aromatic heterocycles. The lowest BCUT2D eigenvalue weighted by atomic mass is 9.87. The summed E-state index contributed by atoms with van der Waals surface area (Å²) < 4.78 is 48.2. The number of carbonyl (C=O) groups excluding carboxylic acids is 2. The Morgan fingerprint density at radius 2 is 1.87 bits per heavy atom. The average molecular weight is 528 g/mol. The van der Waals surface area contributed by atoms with Crippen LogP contribution in [-0.2, 0) is 38.1 Å². The van der Waals surface area contributed by atoms with Gasteiger partial charge in [0, 0.05) is 28.4 Å². The monoisotopic (exact) mass is 527 g/mol. The van der Waals surface area contributed by atoms with E-state index in [9.17, 15) is 23.5 Å². The number of cyclic esters (lactones) is 2. The van der Waals surface area contributed by atoms with Gasteiger partial charge in [0.1, 0.15) is 12.4 Å². The van der Waals surface area contributed by atoms with Crippen LogP contribution < -0.4 is 9.47 Å². The van der Waals surface area contributed by atoms with E-state index in [-0.39, 0.29) is 36.9 Å². The van der Waals surface area contributed by atoms with Crippen LogP contribution in [0.3, 0.4) is 0 Å². The second-order valence-electron chi connectivity index (χ2n) is 10.9. The van der Waals surface area contributed by atoms with Gasteiger partial charge in [0.05, 0.1) is 18.6 Å². The summed E-state index contributed by atoms with van der Waals surface area (Å²) in [4.78, 5) is 24.9. The molecule has 0 spiro atoms. The Kier molecular flexibility index (Phi) is 5.47. The number of benzene rings is 2. The molecule has 3 aliphatic rings. The molecule has 0 unspecified atom stereocenters. The van der Waals surface area contributed by atoms with Gasteiger partial charge in [-0.25, -0.2) is 4.79 Å². The third-order valence-corrected chi connectivity index (χ3v) is 7.69. The molecule has 10 heteroatoms. The van der Waals surface area contributed by atoms with Crippen molar-refractivity contribution in [3.63, 3.8) is 0 Å². The number of ether oxygens (including phenoxy) is 4. The Morgan fingerprint density at radius 3 is 2.55 bits per heavy atom. The Labute approximate surface area is 217 Å². The van der Waals surface area contributed by atoms with Crippen molar-refractivity contribution in [2.45, 2.75) is 62.9 Å². The number of hydrogen-bond acceptors (Lipinski definition) is 7. The lowest BCUT2D eigenvalue weighted by Crippen LogP contribution is -2.29. The minimum atomic E-state index is -3.70. The van der Waals surface area contributed by atoms with Gasteiger partial charge in [0.15, 0.2) is 17.6 Å². The van der Waals surface area contributed by atoms with Crippen LogP contribution in [0, 0.1) is 0 Å². The average Bonchev–Trinajstić information content (AvgIpc) is 3.31. The van der Waals surface area contributed by atoms with Crippen LogP contribution >= 0.6 is 0 Å². The molecule has 6 rings (SSSR count). The number of alkyl halides is 2. The van der Waals surface area contributed by atoms with Crippen molar-refractivity contribution in [1.82, 2.24) is 4.57 Å². The molecule has 2 aliphatic heterocycles. The Hall–Kier alpha value is -3.66. The molecule has 1 N–H and O–H groups in total. The molecule has 3 heterocycles. The summed E-state index contributed by atoms with van der Waals surface area (Å²) in [6.07, 6.45) is -3.39. The smallest absolute Gasteiger partial charge is 0.430 e. The highest BCUT2D eigenvalue weighted by atomic mass is 19.3. The molecule has 38 heavy (non-hydrogen) atoms. The predicted octanol–water partition coefficient (Wildman–Crippen LogP) is 4.61. The van der Waals surface area contributed by atoms with Crippen molar-refractivity contribution in [1.29, 1.82) is 0 Å². The van der Waals surface area contributed by atoms with Crippen molar-refractivity contribution in [3.05, 3.63) is 59.3 Å². The first-order valence-corrected chi connectivity index (χ1v) is 12.5. The zero-order valence-corrected chi connectivity index (χ0v) is 21.0. The number of ketones is 1. The van der Waals surface area contributed by atoms with Gasteiger partial charge in [-0.2, -0.15) is 0 Å². The lowest BCUT2D eigenvalue weighted by molar-refractivity contribution is -0.286. The number of aromatic nitrogens is 1. The maximum absolute atomic E-state index is 13.5. The van der Waals surface area contributed by atoms with Gasteiger partial charge in [-0.3, -0.25) is 4.79 Å². The SMILES string of the molecule is CC(C)(CO)c1cc2cc(CC(=O)C3(c4ccc5c(c4)OC(F)(F)O5)CC3)ccc2n1C[C@@H]1COC(=O)O1. The first-order valence-electron chi connectivity index (χ1n) is 12.5. The molecule has 0 amide bonds. The summed E-state index contributed by atoms with van der Waals surface area (Å²) >= 11 is 0. The number of hydrogen-bond donors (Lipinski definition) is 1. The number of Topliss-reactive ketones (excluding diaryl/α,β-unsaturated/α-hetero) is 1. The zero-order valence-electron chi connectivity index (χ0n) is 21.0. The summed E-state index contributed by atoms with van der Waals surface area (Å²) in [5.41, 5.74) is 1.94. The van der Waals surface area contributed by atoms with E-state index in [1.165, 1.54) is 12.1 Å². The number of nitrogens with zero attached hydrogens (tertiary/aromatic N) is 1. The molecule has 8 nitrogen and oxygen atoms in total. The third kappa shape index (κ3) is 4.16. The van der Waals surface area contributed by atoms with Crippen LogP contribution in [0.5, 0.6) is 11.5 Å². The van der Waals surface area contributed by atoms with E-state index in [1.54, 1.807) is 6.07 Å². The normalized spacial score (nSPS) is 20.9. The van der Waals surface area contributed by atoms with E-state index in [0.29, 0.717) is 24.9 Å². The molecular formula is C28H27F2NO7. The second-order valence-corrected chi connectivity index (χ2v) is 10.9. The highest BCUT2D eigenvalue weighted by Crippen LogP contribution is 2.52. The van der Waals surface area contributed by atoms with E-state index in [1.807, 2.05) is 42.7 Å². The quantitative estimate of drug-likeness (QED) is 0.428. The fourth-order valence-electron chi connectivity index (χ4n) is 5.38.